The minimum absolute atomic E-state index is 0. The van der Waals surface area contributed by atoms with Crippen LogP contribution in [0, 0.1) is 0 Å². The normalized spacial score (nSPS) is 15.8. The van der Waals surface area contributed by atoms with E-state index in [1.165, 1.54) is 0 Å². The summed E-state index contributed by atoms with van der Waals surface area (Å²) in [6, 6.07) is 0. The maximum Gasteiger partial charge on any atom is 0.399 e. The molecule has 1 radical (unpaired) electrons. The van der Waals surface area contributed by atoms with Crippen molar-refractivity contribution in [2.24, 2.45) is 0 Å². The van der Waals surface area contributed by atoms with E-state index in [0.717, 1.165) is 0 Å². The van der Waals surface area contributed by atoms with Crippen molar-refractivity contribution in [3.63, 3.8) is 0 Å². The van der Waals surface area contributed by atoms with Crippen LogP contribution in [0.5, 0.6) is 0 Å². The zero-order chi connectivity index (χ0) is 23.6. The summed E-state index contributed by atoms with van der Waals surface area (Å²) in [5, 5.41) is 0.378. The van der Waals surface area contributed by atoms with Crippen molar-refractivity contribution in [1.29, 1.82) is 0 Å². The van der Waals surface area contributed by atoms with Crippen LogP contribution in [0.25, 0.3) is 0 Å². The first-order chi connectivity index (χ1) is 11.7. The average molecular weight is 625 g/mol. The Morgan fingerprint density at radius 1 is 0.379 bits per heavy atom. The van der Waals surface area contributed by atoms with E-state index in [4.69, 9.17) is 0 Å². The standard InChI is InChI=1S/C25H54OP2.Ir/c1-20(2,3)27(21(4,5)6,22(7,8)9)19(26)28(23(10,11)12,24(13,14)15)25(16,17)18;/h1-18H3;/q+2;. The van der Waals surface area contributed by atoms with Gasteiger partial charge in [-0.2, -0.15) is 0 Å². The van der Waals surface area contributed by atoms with Crippen molar-refractivity contribution in [3.8, 4) is 0 Å². The van der Waals surface area contributed by atoms with Crippen molar-refractivity contribution in [1.82, 2.24) is 0 Å². The molecule has 0 aliphatic heterocycles. The zero-order valence-corrected chi connectivity index (χ0v) is 27.3. The van der Waals surface area contributed by atoms with Crippen LogP contribution in [0.4, 0.5) is 4.79 Å². The van der Waals surface area contributed by atoms with E-state index in [1.807, 2.05) is 0 Å². The molecule has 0 N–H and O–H groups in total. The van der Waals surface area contributed by atoms with E-state index in [0.29, 0.717) is 5.27 Å². The molecule has 29 heavy (non-hydrogen) atoms. The molecule has 0 atom stereocenters. The molecule has 0 aliphatic rings. The topological polar surface area (TPSA) is 17.1 Å². The van der Waals surface area contributed by atoms with Crippen LogP contribution in [0.2, 0.25) is 0 Å². The summed E-state index contributed by atoms with van der Waals surface area (Å²) in [4.78, 5) is 15.5. The molecule has 4 heteroatoms. The molecule has 177 valence electrons. The predicted octanol–water partition coefficient (Wildman–Crippen LogP) is 9.93. The Morgan fingerprint density at radius 2 is 0.483 bits per heavy atom. The third kappa shape index (κ3) is 4.78. The molecular weight excluding hydrogens is 570 g/mol. The fraction of sp³-hybridized carbons (Fsp3) is 0.960. The number of carbonyl (C=O) groups excluding carboxylic acids is 1. The van der Waals surface area contributed by atoms with Crippen LogP contribution in [-0.4, -0.2) is 36.2 Å². The van der Waals surface area contributed by atoms with Gasteiger partial charge in [-0.15, -0.1) is 0 Å². The summed E-state index contributed by atoms with van der Waals surface area (Å²) in [6.07, 6.45) is 0. The molecule has 0 saturated carbocycles. The second kappa shape index (κ2) is 8.51. The fourth-order valence-electron chi connectivity index (χ4n) is 7.98. The number of carbonyl (C=O) groups is 1. The minimum atomic E-state index is -2.14. The predicted molar refractivity (Wildman–Crippen MR) is 138 cm³/mol. The van der Waals surface area contributed by atoms with Crippen LogP contribution < -0.4 is 0 Å². The first kappa shape index (κ1) is 32.4. The second-order valence-electron chi connectivity index (χ2n) is 14.6. The molecule has 0 saturated heterocycles. The van der Waals surface area contributed by atoms with Gasteiger partial charge in [0.05, 0.1) is 30.9 Å². The van der Waals surface area contributed by atoms with Gasteiger partial charge in [0.2, 0.25) is 0 Å². The zero-order valence-electron chi connectivity index (χ0n) is 23.1. The van der Waals surface area contributed by atoms with Crippen molar-refractivity contribution in [2.45, 2.75) is 156 Å². The van der Waals surface area contributed by atoms with Gasteiger partial charge in [-0.1, -0.05) is 0 Å². The Balaban J connectivity index is 0. The third-order valence-electron chi connectivity index (χ3n) is 6.61. The molecule has 0 aliphatic carbocycles. The maximum absolute atomic E-state index is 15.5. The molecule has 0 aromatic rings. The third-order valence-corrected chi connectivity index (χ3v) is 21.6. The summed E-state index contributed by atoms with van der Waals surface area (Å²) < 4.78 is 0. The van der Waals surface area contributed by atoms with E-state index in [-0.39, 0.29) is 51.0 Å². The summed E-state index contributed by atoms with van der Waals surface area (Å²) in [7, 11) is -4.28. The van der Waals surface area contributed by atoms with E-state index >= 15 is 4.79 Å². The molecule has 0 heterocycles. The molecule has 0 aromatic heterocycles. The Hall–Kier alpha value is 1.18. The monoisotopic (exact) mass is 625 g/mol. The van der Waals surface area contributed by atoms with Gasteiger partial charge in [0.25, 0.3) is 0 Å². The molecule has 0 aromatic carbocycles. The summed E-state index contributed by atoms with van der Waals surface area (Å²) >= 11 is 0. The first-order valence-electron chi connectivity index (χ1n) is 11.0. The van der Waals surface area contributed by atoms with Gasteiger partial charge < -0.3 is 0 Å². The van der Waals surface area contributed by atoms with Gasteiger partial charge in [0.1, 0.15) is 14.5 Å². The fourth-order valence-corrected chi connectivity index (χ4v) is 30.7. The van der Waals surface area contributed by atoms with Gasteiger partial charge in [-0.05, 0) is 125 Å². The van der Waals surface area contributed by atoms with Crippen LogP contribution >= 0.6 is 14.5 Å². The van der Waals surface area contributed by atoms with Gasteiger partial charge >= 0.3 is 5.27 Å². The van der Waals surface area contributed by atoms with Crippen molar-refractivity contribution in [2.75, 3.05) is 0 Å². The van der Waals surface area contributed by atoms with Gasteiger partial charge in [-0.3, -0.25) is 0 Å². The average Bonchev–Trinajstić information content (AvgIpc) is 2.14. The van der Waals surface area contributed by atoms with Crippen molar-refractivity contribution in [3.05, 3.63) is 0 Å². The molecule has 0 bridgehead atoms. The van der Waals surface area contributed by atoms with Gasteiger partial charge in [0.15, 0.2) is 0 Å². The van der Waals surface area contributed by atoms with Crippen LogP contribution in [-0.2, 0) is 20.1 Å². The molecular formula is C25H54IrOP2+2. The minimum Gasteiger partial charge on any atom is -0.211 e. The Morgan fingerprint density at radius 3 is 0.552 bits per heavy atom. The summed E-state index contributed by atoms with van der Waals surface area (Å²) in [5.41, 5.74) is 0. The van der Waals surface area contributed by atoms with E-state index in [2.05, 4.69) is 125 Å². The Kier molecular flexibility index (Phi) is 9.50. The molecule has 0 rings (SSSR count). The molecule has 0 amide bonds. The van der Waals surface area contributed by atoms with Crippen LogP contribution in [0.3, 0.4) is 0 Å². The van der Waals surface area contributed by atoms with E-state index in [1.54, 1.807) is 0 Å². The number of hydrogen-bond donors (Lipinski definition) is 0. The van der Waals surface area contributed by atoms with Crippen LogP contribution in [0.15, 0.2) is 0 Å². The van der Waals surface area contributed by atoms with Crippen LogP contribution in [0.1, 0.15) is 125 Å². The van der Waals surface area contributed by atoms with Gasteiger partial charge in [-0.25, -0.2) is 4.79 Å². The second-order valence-corrected chi connectivity index (χ2v) is 26.5. The van der Waals surface area contributed by atoms with Gasteiger partial charge in [0, 0.05) is 20.1 Å². The largest absolute Gasteiger partial charge is 0.399 e. The Bertz CT molecular complexity index is 455. The van der Waals surface area contributed by atoms with Crippen molar-refractivity contribution < 1.29 is 24.9 Å². The molecule has 1 nitrogen and oxygen atoms in total. The molecule has 0 fully saturated rings. The van der Waals surface area contributed by atoms with Crippen molar-refractivity contribution >= 4 is 19.8 Å². The quantitative estimate of drug-likeness (QED) is 0.280. The number of hydrogen-bond acceptors (Lipinski definition) is 1. The summed E-state index contributed by atoms with van der Waals surface area (Å²) in [6.45, 7) is 42.2. The molecule has 0 spiro atoms. The molecule has 0 unspecified atom stereocenters. The smallest absolute Gasteiger partial charge is 0.211 e. The maximum atomic E-state index is 15.5. The SMILES string of the molecule is CC(C)(C)[P+](C(=O)[P+](C(C)(C)C)(C(C)(C)C)C(C)(C)C)(C(C)(C)C)C(C)(C)C.[Ir]. The van der Waals surface area contributed by atoms with E-state index < -0.39 is 14.5 Å². The number of rotatable bonds is 2. The Labute approximate surface area is 199 Å². The first-order valence-corrected chi connectivity index (χ1v) is 14.6. The van der Waals surface area contributed by atoms with E-state index in [9.17, 15) is 0 Å². The summed E-state index contributed by atoms with van der Waals surface area (Å²) in [5.74, 6) is 0.